The van der Waals surface area contributed by atoms with Crippen LogP contribution in [0, 0.1) is 0 Å². The second kappa shape index (κ2) is 10.8. The van der Waals surface area contributed by atoms with Gasteiger partial charge in [-0.1, -0.05) is 31.0 Å². The number of ketones is 1. The molecular weight excluding hydrogens is 404 g/mol. The normalized spacial score (nSPS) is 17.4. The zero-order valence-electron chi connectivity index (χ0n) is 18.9. The smallest absolute Gasteiger partial charge is 0.292 e. The van der Waals surface area contributed by atoms with E-state index >= 15 is 0 Å². The van der Waals surface area contributed by atoms with E-state index in [1.807, 2.05) is 29.2 Å². The van der Waals surface area contributed by atoms with Crippen LogP contribution < -0.4 is 5.32 Å². The number of nitrogens with zero attached hydrogens (tertiary/aromatic N) is 3. The van der Waals surface area contributed by atoms with Gasteiger partial charge in [0.1, 0.15) is 6.54 Å². The standard InChI is InChI=1S/C25H34N4O3/c30-23(28-16-7-8-17-28)19-29-18-21(20-10-3-4-11-22(20)29)24(31)25(32)26-12-9-15-27-13-5-1-2-6-14-27/h3-4,10-11,18H,1-2,5-9,12-17,19H2,(H,26,32). The first kappa shape index (κ1) is 22.5. The summed E-state index contributed by atoms with van der Waals surface area (Å²) in [7, 11) is 0. The predicted octanol–water partition coefficient (Wildman–Crippen LogP) is 2.83. The minimum atomic E-state index is -0.574. The first-order chi connectivity index (χ1) is 15.6. The van der Waals surface area contributed by atoms with Gasteiger partial charge in [-0.3, -0.25) is 14.4 Å². The van der Waals surface area contributed by atoms with Crippen molar-refractivity contribution in [1.29, 1.82) is 0 Å². The molecule has 2 aliphatic heterocycles. The van der Waals surface area contributed by atoms with Crippen LogP contribution in [0.1, 0.15) is 55.3 Å². The van der Waals surface area contributed by atoms with E-state index in [-0.39, 0.29) is 12.5 Å². The van der Waals surface area contributed by atoms with Crippen LogP contribution in [0.3, 0.4) is 0 Å². The van der Waals surface area contributed by atoms with Gasteiger partial charge in [-0.2, -0.15) is 0 Å². The van der Waals surface area contributed by atoms with E-state index in [1.165, 1.54) is 25.7 Å². The molecule has 1 aromatic heterocycles. The number of rotatable bonds is 8. The van der Waals surface area contributed by atoms with E-state index in [4.69, 9.17) is 0 Å². The number of amides is 2. The highest BCUT2D eigenvalue weighted by Gasteiger charge is 2.24. The Labute approximate surface area is 189 Å². The van der Waals surface area contributed by atoms with Gasteiger partial charge in [0.25, 0.3) is 11.7 Å². The summed E-state index contributed by atoms with van der Waals surface area (Å²) in [5.74, 6) is -1.06. The molecule has 0 unspecified atom stereocenters. The van der Waals surface area contributed by atoms with Crippen LogP contribution in [0.5, 0.6) is 0 Å². The third kappa shape index (κ3) is 5.38. The molecule has 4 rings (SSSR count). The van der Waals surface area contributed by atoms with Crippen LogP contribution in [0.4, 0.5) is 0 Å². The van der Waals surface area contributed by atoms with Crippen molar-refractivity contribution in [2.45, 2.75) is 51.5 Å². The molecule has 0 bridgehead atoms. The molecule has 7 nitrogen and oxygen atoms in total. The van der Waals surface area contributed by atoms with Crippen LogP contribution in [-0.4, -0.2) is 71.2 Å². The molecule has 0 spiro atoms. The lowest BCUT2D eigenvalue weighted by Crippen LogP contribution is -2.34. The van der Waals surface area contributed by atoms with Crippen molar-refractivity contribution in [3.8, 4) is 0 Å². The van der Waals surface area contributed by atoms with E-state index in [2.05, 4.69) is 10.2 Å². The van der Waals surface area contributed by atoms with Crippen molar-refractivity contribution in [2.24, 2.45) is 0 Å². The quantitative estimate of drug-likeness (QED) is 0.391. The van der Waals surface area contributed by atoms with Crippen molar-refractivity contribution < 1.29 is 14.4 Å². The summed E-state index contributed by atoms with van der Waals surface area (Å²) >= 11 is 0. The molecule has 0 saturated carbocycles. The van der Waals surface area contributed by atoms with Gasteiger partial charge in [0.2, 0.25) is 5.91 Å². The predicted molar refractivity (Wildman–Crippen MR) is 125 cm³/mol. The lowest BCUT2D eigenvalue weighted by atomic mass is 10.1. The molecule has 2 aliphatic rings. The number of likely N-dealkylation sites (tertiary alicyclic amines) is 2. The van der Waals surface area contributed by atoms with Crippen molar-refractivity contribution in [3.05, 3.63) is 36.0 Å². The van der Waals surface area contributed by atoms with Crippen LogP contribution in [-0.2, 0) is 16.1 Å². The van der Waals surface area contributed by atoms with Gasteiger partial charge < -0.3 is 19.7 Å². The molecule has 172 valence electrons. The zero-order valence-corrected chi connectivity index (χ0v) is 18.9. The Hall–Kier alpha value is -2.67. The summed E-state index contributed by atoms with van der Waals surface area (Å²) < 4.78 is 1.80. The number of para-hydroxylation sites is 1. The van der Waals surface area contributed by atoms with Crippen LogP contribution in [0.2, 0.25) is 0 Å². The minimum Gasteiger partial charge on any atom is -0.349 e. The number of aromatic nitrogens is 1. The second-order valence-electron chi connectivity index (χ2n) is 8.97. The first-order valence-corrected chi connectivity index (χ1v) is 12.0. The fourth-order valence-corrected chi connectivity index (χ4v) is 4.84. The molecule has 32 heavy (non-hydrogen) atoms. The highest BCUT2D eigenvalue weighted by Crippen LogP contribution is 2.22. The Kier molecular flexibility index (Phi) is 7.58. The Morgan fingerprint density at radius 2 is 1.56 bits per heavy atom. The number of benzene rings is 1. The van der Waals surface area contributed by atoms with E-state index in [0.717, 1.165) is 57.5 Å². The van der Waals surface area contributed by atoms with E-state index in [0.29, 0.717) is 17.5 Å². The van der Waals surface area contributed by atoms with E-state index < -0.39 is 11.7 Å². The second-order valence-corrected chi connectivity index (χ2v) is 8.97. The molecule has 1 N–H and O–H groups in total. The number of carbonyl (C=O) groups excluding carboxylic acids is 3. The van der Waals surface area contributed by atoms with Crippen molar-refractivity contribution in [2.75, 3.05) is 39.3 Å². The van der Waals surface area contributed by atoms with Crippen LogP contribution >= 0.6 is 0 Å². The summed E-state index contributed by atoms with van der Waals surface area (Å²) in [4.78, 5) is 42.5. The average Bonchev–Trinajstić information content (AvgIpc) is 3.39. The summed E-state index contributed by atoms with van der Waals surface area (Å²) in [5, 5.41) is 3.51. The third-order valence-corrected chi connectivity index (χ3v) is 6.64. The fourth-order valence-electron chi connectivity index (χ4n) is 4.84. The lowest BCUT2D eigenvalue weighted by Gasteiger charge is -2.19. The maximum absolute atomic E-state index is 12.9. The van der Waals surface area contributed by atoms with Crippen molar-refractivity contribution in [1.82, 2.24) is 19.7 Å². The van der Waals surface area contributed by atoms with Crippen LogP contribution in [0.25, 0.3) is 10.9 Å². The summed E-state index contributed by atoms with van der Waals surface area (Å²) in [6, 6.07) is 7.47. The monoisotopic (exact) mass is 438 g/mol. The average molecular weight is 439 g/mol. The van der Waals surface area contributed by atoms with Gasteiger partial charge >= 0.3 is 0 Å². The van der Waals surface area contributed by atoms with Gasteiger partial charge in [-0.05, 0) is 57.8 Å². The minimum absolute atomic E-state index is 0.0558. The summed E-state index contributed by atoms with van der Waals surface area (Å²) in [5.41, 5.74) is 1.16. The molecule has 2 saturated heterocycles. The largest absolute Gasteiger partial charge is 0.349 e. The number of nitrogens with one attached hydrogen (secondary N) is 1. The number of hydrogen-bond donors (Lipinski definition) is 1. The molecular formula is C25H34N4O3. The summed E-state index contributed by atoms with van der Waals surface area (Å²) in [6.45, 7) is 5.48. The van der Waals surface area contributed by atoms with Crippen molar-refractivity contribution >= 4 is 28.5 Å². The molecule has 3 heterocycles. The van der Waals surface area contributed by atoms with E-state index in [1.54, 1.807) is 10.8 Å². The number of fused-ring (bicyclic) bond motifs is 1. The Morgan fingerprint density at radius 3 is 2.31 bits per heavy atom. The number of carbonyl (C=O) groups is 3. The highest BCUT2D eigenvalue weighted by atomic mass is 16.2. The van der Waals surface area contributed by atoms with Gasteiger partial charge in [0.15, 0.2) is 0 Å². The molecule has 7 heteroatoms. The first-order valence-electron chi connectivity index (χ1n) is 12.0. The highest BCUT2D eigenvalue weighted by molar-refractivity contribution is 6.45. The Balaban J connectivity index is 1.37. The molecule has 0 aliphatic carbocycles. The number of Topliss-reactive ketones (excluding diaryl/α,β-unsaturated/α-hetero) is 1. The topological polar surface area (TPSA) is 74.6 Å². The van der Waals surface area contributed by atoms with Gasteiger partial charge in [0.05, 0.1) is 5.56 Å². The Bertz CT molecular complexity index is 953. The van der Waals surface area contributed by atoms with Gasteiger partial charge in [-0.25, -0.2) is 0 Å². The molecule has 2 aromatic rings. The fraction of sp³-hybridized carbons (Fsp3) is 0.560. The maximum Gasteiger partial charge on any atom is 0.292 e. The maximum atomic E-state index is 12.9. The Morgan fingerprint density at radius 1 is 0.875 bits per heavy atom. The van der Waals surface area contributed by atoms with Gasteiger partial charge in [0, 0.05) is 36.7 Å². The van der Waals surface area contributed by atoms with Gasteiger partial charge in [-0.15, -0.1) is 0 Å². The SMILES string of the molecule is O=C(NCCCN1CCCCCC1)C(=O)c1cn(CC(=O)N2CCCC2)c2ccccc12. The zero-order chi connectivity index (χ0) is 22.3. The summed E-state index contributed by atoms with van der Waals surface area (Å²) in [6.07, 6.45) is 9.69. The molecule has 0 radical (unpaired) electrons. The lowest BCUT2D eigenvalue weighted by molar-refractivity contribution is -0.130. The molecule has 2 fully saturated rings. The van der Waals surface area contributed by atoms with Crippen molar-refractivity contribution in [3.63, 3.8) is 0 Å². The molecule has 1 aromatic carbocycles. The third-order valence-electron chi connectivity index (χ3n) is 6.64. The molecule has 0 atom stereocenters. The van der Waals surface area contributed by atoms with Crippen LogP contribution in [0.15, 0.2) is 30.5 Å². The molecule has 2 amide bonds. The van der Waals surface area contributed by atoms with E-state index in [9.17, 15) is 14.4 Å². The number of hydrogen-bond acceptors (Lipinski definition) is 4.